The second-order valence-corrected chi connectivity index (χ2v) is 5.03. The molecule has 20 heavy (non-hydrogen) atoms. The number of halogens is 3. The second-order valence-electron chi connectivity index (χ2n) is 4.21. The van der Waals surface area contributed by atoms with E-state index in [0.717, 1.165) is 18.4 Å². The van der Waals surface area contributed by atoms with Gasteiger partial charge in [0.1, 0.15) is 18.0 Å². The fraction of sp³-hybridized carbons (Fsp3) is 0.231. The molecule has 2 aromatic rings. The molecule has 0 bridgehead atoms. The Balaban J connectivity index is 2.37. The van der Waals surface area contributed by atoms with Crippen molar-refractivity contribution in [3.63, 3.8) is 0 Å². The summed E-state index contributed by atoms with van der Waals surface area (Å²) < 4.78 is 13.4. The summed E-state index contributed by atoms with van der Waals surface area (Å²) in [6, 6.07) is 2.88. The van der Waals surface area contributed by atoms with Gasteiger partial charge in [-0.3, -0.25) is 0 Å². The number of benzene rings is 1. The molecule has 0 saturated carbocycles. The van der Waals surface area contributed by atoms with Crippen LogP contribution in [0.1, 0.15) is 18.9 Å². The molecule has 0 saturated heterocycles. The molecule has 0 aliphatic heterocycles. The van der Waals surface area contributed by atoms with Crippen molar-refractivity contribution in [3.05, 3.63) is 39.9 Å². The van der Waals surface area contributed by atoms with Gasteiger partial charge in [0.05, 0.1) is 10.0 Å². The van der Waals surface area contributed by atoms with E-state index in [4.69, 9.17) is 28.9 Å². The Bertz CT molecular complexity index is 611. The minimum Gasteiger partial charge on any atom is -0.383 e. The lowest BCUT2D eigenvalue weighted by molar-refractivity contribution is 0.629. The number of hydrogen-bond acceptors (Lipinski definition) is 4. The van der Waals surface area contributed by atoms with Crippen molar-refractivity contribution in [1.82, 2.24) is 9.97 Å². The number of hydrogen-bond donors (Lipinski definition) is 2. The summed E-state index contributed by atoms with van der Waals surface area (Å²) in [5.41, 5.74) is 7.19. The highest BCUT2D eigenvalue weighted by molar-refractivity contribution is 6.35. The first-order valence-electron chi connectivity index (χ1n) is 6.03. The van der Waals surface area contributed by atoms with E-state index in [2.05, 4.69) is 15.3 Å². The normalized spacial score (nSPS) is 10.6. The van der Waals surface area contributed by atoms with Crippen molar-refractivity contribution in [2.24, 2.45) is 0 Å². The SMILES string of the molecule is CCCc1c(N)ncnc1Nc1cc(Cl)c(F)c(Cl)c1. The first-order valence-corrected chi connectivity index (χ1v) is 6.79. The van der Waals surface area contributed by atoms with Crippen molar-refractivity contribution in [3.8, 4) is 0 Å². The molecule has 3 N–H and O–H groups in total. The van der Waals surface area contributed by atoms with Crippen molar-refractivity contribution in [2.45, 2.75) is 19.8 Å². The Morgan fingerprint density at radius 1 is 1.25 bits per heavy atom. The zero-order valence-electron chi connectivity index (χ0n) is 10.8. The van der Waals surface area contributed by atoms with Crippen LogP contribution in [0.3, 0.4) is 0 Å². The van der Waals surface area contributed by atoms with Crippen molar-refractivity contribution >= 4 is 40.5 Å². The maximum atomic E-state index is 13.4. The molecule has 0 aliphatic carbocycles. The lowest BCUT2D eigenvalue weighted by atomic mass is 10.1. The van der Waals surface area contributed by atoms with Gasteiger partial charge in [-0.2, -0.15) is 0 Å². The number of nitrogens with one attached hydrogen (secondary N) is 1. The maximum absolute atomic E-state index is 13.4. The maximum Gasteiger partial charge on any atom is 0.160 e. The fourth-order valence-corrected chi connectivity index (χ4v) is 2.28. The summed E-state index contributed by atoms with van der Waals surface area (Å²) in [6.45, 7) is 2.03. The Labute approximate surface area is 126 Å². The van der Waals surface area contributed by atoms with E-state index in [1.54, 1.807) is 0 Å². The van der Waals surface area contributed by atoms with E-state index in [-0.39, 0.29) is 10.0 Å². The number of nitrogens with zero attached hydrogens (tertiary/aromatic N) is 2. The van der Waals surface area contributed by atoms with E-state index in [0.29, 0.717) is 17.3 Å². The Kier molecular flexibility index (Phi) is 4.62. The van der Waals surface area contributed by atoms with E-state index in [9.17, 15) is 4.39 Å². The number of aromatic nitrogens is 2. The Morgan fingerprint density at radius 3 is 2.50 bits per heavy atom. The molecule has 106 valence electrons. The fourth-order valence-electron chi connectivity index (χ4n) is 1.79. The highest BCUT2D eigenvalue weighted by Gasteiger charge is 2.11. The predicted octanol–water partition coefficient (Wildman–Crippen LogP) is 4.20. The number of nitrogen functional groups attached to an aromatic ring is 1. The minimum atomic E-state index is -0.644. The summed E-state index contributed by atoms with van der Waals surface area (Å²) >= 11 is 11.5. The third-order valence-electron chi connectivity index (χ3n) is 2.73. The van der Waals surface area contributed by atoms with Gasteiger partial charge in [0.15, 0.2) is 5.82 Å². The molecular formula is C13H13Cl2FN4. The summed E-state index contributed by atoms with van der Waals surface area (Å²) in [7, 11) is 0. The van der Waals surface area contributed by atoms with Gasteiger partial charge in [-0.05, 0) is 18.6 Å². The molecule has 4 nitrogen and oxygen atoms in total. The van der Waals surface area contributed by atoms with Crippen LogP contribution in [0.15, 0.2) is 18.5 Å². The van der Waals surface area contributed by atoms with E-state index >= 15 is 0 Å². The van der Waals surface area contributed by atoms with E-state index < -0.39 is 5.82 Å². The highest BCUT2D eigenvalue weighted by atomic mass is 35.5. The van der Waals surface area contributed by atoms with Crippen LogP contribution in [0.2, 0.25) is 10.0 Å². The minimum absolute atomic E-state index is 0.0564. The Morgan fingerprint density at radius 2 is 1.90 bits per heavy atom. The average molecular weight is 315 g/mol. The summed E-state index contributed by atoms with van der Waals surface area (Å²) in [5, 5.41) is 2.93. The van der Waals surface area contributed by atoms with Crippen molar-refractivity contribution in [1.29, 1.82) is 0 Å². The molecule has 1 aromatic heterocycles. The van der Waals surface area contributed by atoms with Gasteiger partial charge in [-0.15, -0.1) is 0 Å². The standard InChI is InChI=1S/C13H13Cl2FN4/c1-2-3-8-12(17)18-6-19-13(8)20-7-4-9(14)11(16)10(15)5-7/h4-6H,2-3H2,1H3,(H3,17,18,19,20). The lowest BCUT2D eigenvalue weighted by Gasteiger charge is -2.12. The summed E-state index contributed by atoms with van der Waals surface area (Å²) in [5.74, 6) is 0.344. The van der Waals surface area contributed by atoms with Gasteiger partial charge in [0.2, 0.25) is 0 Å². The van der Waals surface area contributed by atoms with Crippen LogP contribution in [0.5, 0.6) is 0 Å². The third-order valence-corrected chi connectivity index (χ3v) is 3.28. The summed E-state index contributed by atoms with van der Waals surface area (Å²) in [6.07, 6.45) is 3.00. The first kappa shape index (κ1) is 14.8. The monoisotopic (exact) mass is 314 g/mol. The smallest absolute Gasteiger partial charge is 0.160 e. The molecule has 1 heterocycles. The van der Waals surface area contributed by atoms with Crippen LogP contribution in [0.25, 0.3) is 0 Å². The molecule has 0 aliphatic rings. The topological polar surface area (TPSA) is 63.8 Å². The van der Waals surface area contributed by atoms with Gasteiger partial charge < -0.3 is 11.1 Å². The van der Waals surface area contributed by atoms with Gasteiger partial charge in [0, 0.05) is 11.3 Å². The van der Waals surface area contributed by atoms with Gasteiger partial charge in [-0.25, -0.2) is 14.4 Å². The van der Waals surface area contributed by atoms with Crippen LogP contribution < -0.4 is 11.1 Å². The van der Waals surface area contributed by atoms with Crippen molar-refractivity contribution < 1.29 is 4.39 Å². The summed E-state index contributed by atoms with van der Waals surface area (Å²) in [4.78, 5) is 8.12. The lowest BCUT2D eigenvalue weighted by Crippen LogP contribution is -2.05. The van der Waals surface area contributed by atoms with Crippen molar-refractivity contribution in [2.75, 3.05) is 11.1 Å². The first-order chi connectivity index (χ1) is 9.52. The van der Waals surface area contributed by atoms with E-state index in [1.807, 2.05) is 6.92 Å². The van der Waals surface area contributed by atoms with Crippen LogP contribution in [0, 0.1) is 5.82 Å². The molecule has 1 aromatic carbocycles. The molecule has 0 amide bonds. The van der Waals surface area contributed by atoms with Gasteiger partial charge in [-0.1, -0.05) is 36.5 Å². The van der Waals surface area contributed by atoms with Crippen LogP contribution in [0.4, 0.5) is 21.7 Å². The molecular weight excluding hydrogens is 302 g/mol. The van der Waals surface area contributed by atoms with Crippen LogP contribution in [-0.2, 0) is 6.42 Å². The highest BCUT2D eigenvalue weighted by Crippen LogP contribution is 2.30. The average Bonchev–Trinajstić information content (AvgIpc) is 2.40. The zero-order chi connectivity index (χ0) is 14.7. The molecule has 7 heteroatoms. The van der Waals surface area contributed by atoms with Crippen LogP contribution >= 0.6 is 23.2 Å². The van der Waals surface area contributed by atoms with Gasteiger partial charge >= 0.3 is 0 Å². The van der Waals surface area contributed by atoms with Crippen LogP contribution in [-0.4, -0.2) is 9.97 Å². The number of rotatable bonds is 4. The molecule has 0 fully saturated rings. The molecule has 0 unspecified atom stereocenters. The molecule has 0 radical (unpaired) electrons. The second kappa shape index (κ2) is 6.24. The predicted molar refractivity (Wildman–Crippen MR) is 80.1 cm³/mol. The number of nitrogens with two attached hydrogens (primary N) is 1. The molecule has 2 rings (SSSR count). The Hall–Kier alpha value is -1.59. The van der Waals surface area contributed by atoms with Gasteiger partial charge in [0.25, 0.3) is 0 Å². The molecule has 0 spiro atoms. The molecule has 0 atom stereocenters. The quantitative estimate of drug-likeness (QED) is 0.830. The third kappa shape index (κ3) is 3.11. The van der Waals surface area contributed by atoms with E-state index in [1.165, 1.54) is 18.5 Å². The largest absolute Gasteiger partial charge is 0.383 e. The zero-order valence-corrected chi connectivity index (χ0v) is 12.3. The number of anilines is 3.